The van der Waals surface area contributed by atoms with Crippen LogP contribution in [0.3, 0.4) is 0 Å². The maximum Gasteiger partial charge on any atom is 0.293 e. The Bertz CT molecular complexity index is 1260. The Hall–Kier alpha value is -3.22. The summed E-state index contributed by atoms with van der Waals surface area (Å²) in [4.78, 5) is 32.1. The summed E-state index contributed by atoms with van der Waals surface area (Å²) in [6, 6.07) is 6.04. The average molecular weight is 578 g/mol. The Morgan fingerprint density at radius 1 is 1.07 bits per heavy atom. The van der Waals surface area contributed by atoms with Gasteiger partial charge in [-0.05, 0) is 101 Å². The second-order valence-corrected chi connectivity index (χ2v) is 12.0. The van der Waals surface area contributed by atoms with Crippen molar-refractivity contribution in [2.45, 2.75) is 104 Å². The van der Waals surface area contributed by atoms with Gasteiger partial charge < -0.3 is 14.5 Å². The van der Waals surface area contributed by atoms with Crippen LogP contribution in [0.4, 0.5) is 4.39 Å². The molecule has 0 bridgehead atoms. The molecule has 6 nitrogen and oxygen atoms in total. The molecule has 7 heteroatoms. The van der Waals surface area contributed by atoms with E-state index in [1.165, 1.54) is 25.0 Å². The van der Waals surface area contributed by atoms with Crippen LogP contribution in [-0.2, 0) is 14.3 Å². The molecule has 228 valence electrons. The first-order valence-corrected chi connectivity index (χ1v) is 15.9. The highest BCUT2D eigenvalue weighted by atomic mass is 19.1. The second-order valence-electron chi connectivity index (χ2n) is 12.0. The van der Waals surface area contributed by atoms with Crippen LogP contribution in [0.15, 0.2) is 52.4 Å². The van der Waals surface area contributed by atoms with E-state index >= 15 is 4.39 Å². The SMILES string of the molecule is CCC(C)=C(/C=C1/N=C(C(=O)N2CCCCCC2C)C=C(C2CCC2)N1C)c1cccc(C2CC2)c1F.CCOC=O. The number of hydrogen-bond acceptors (Lipinski definition) is 5. The Labute approximate surface area is 251 Å². The van der Waals surface area contributed by atoms with E-state index in [0.29, 0.717) is 36.2 Å². The van der Waals surface area contributed by atoms with Gasteiger partial charge in [-0.25, -0.2) is 9.38 Å². The van der Waals surface area contributed by atoms with Gasteiger partial charge in [-0.1, -0.05) is 50.0 Å². The first-order chi connectivity index (χ1) is 20.3. The average Bonchev–Trinajstić information content (AvgIpc) is 3.81. The van der Waals surface area contributed by atoms with Gasteiger partial charge in [0.15, 0.2) is 0 Å². The predicted molar refractivity (Wildman–Crippen MR) is 167 cm³/mol. The summed E-state index contributed by atoms with van der Waals surface area (Å²) in [6.07, 6.45) is 14.9. The fraction of sp³-hybridized carbons (Fsp3) is 0.571. The number of benzene rings is 1. The number of carbonyl (C=O) groups excluding carboxylic acids is 2. The van der Waals surface area contributed by atoms with Crippen LogP contribution in [0.5, 0.6) is 0 Å². The third kappa shape index (κ3) is 7.40. The van der Waals surface area contributed by atoms with Gasteiger partial charge in [0.05, 0.1) is 6.61 Å². The second kappa shape index (κ2) is 14.8. The van der Waals surface area contributed by atoms with Gasteiger partial charge in [0.25, 0.3) is 12.4 Å². The third-order valence-corrected chi connectivity index (χ3v) is 9.14. The maximum atomic E-state index is 15.8. The van der Waals surface area contributed by atoms with Crippen LogP contribution >= 0.6 is 0 Å². The van der Waals surface area contributed by atoms with Crippen molar-refractivity contribution in [2.24, 2.45) is 10.9 Å². The quantitative estimate of drug-likeness (QED) is 0.296. The number of hydrogen-bond donors (Lipinski definition) is 0. The van der Waals surface area contributed by atoms with Crippen molar-refractivity contribution in [3.05, 3.63) is 64.4 Å². The minimum absolute atomic E-state index is 0.0323. The molecule has 1 amide bonds. The molecule has 1 aromatic carbocycles. The summed E-state index contributed by atoms with van der Waals surface area (Å²) >= 11 is 0. The first-order valence-electron chi connectivity index (χ1n) is 15.9. The van der Waals surface area contributed by atoms with Gasteiger partial charge in [0, 0.05) is 30.9 Å². The number of likely N-dealkylation sites (tertiary alicyclic amines) is 1. The molecule has 0 radical (unpaired) electrons. The third-order valence-electron chi connectivity index (χ3n) is 9.14. The fourth-order valence-electron chi connectivity index (χ4n) is 5.94. The molecule has 1 aromatic rings. The molecule has 1 atom stereocenters. The van der Waals surface area contributed by atoms with E-state index in [9.17, 15) is 9.59 Å². The molecular weight excluding hydrogens is 529 g/mol. The lowest BCUT2D eigenvalue weighted by atomic mass is 9.81. The summed E-state index contributed by atoms with van der Waals surface area (Å²) < 4.78 is 19.9. The van der Waals surface area contributed by atoms with Crippen molar-refractivity contribution in [3.8, 4) is 0 Å². The number of aliphatic imine (C=N–C) groups is 1. The predicted octanol–water partition coefficient (Wildman–Crippen LogP) is 7.77. The van der Waals surface area contributed by atoms with Gasteiger partial charge in [0.1, 0.15) is 17.3 Å². The van der Waals surface area contributed by atoms with Gasteiger partial charge in [-0.15, -0.1) is 0 Å². The standard InChI is InChI=1S/C32H42FN3O.C3H6O2/c1-5-21(2)27(26-15-10-14-25(31(26)33)23-16-17-23)19-30-34-28(20-29(35(30)4)24-12-9-13-24)32(37)36-18-8-6-7-11-22(36)3;1-2-5-3-4/h10,14-15,19-20,22-24H,5-9,11-13,16-18H2,1-4H3;3H,2H2,1H3/b27-21?,30-19-;. The summed E-state index contributed by atoms with van der Waals surface area (Å²) in [5, 5.41) is 0. The Kier molecular flexibility index (Phi) is 11.2. The van der Waals surface area contributed by atoms with Crippen molar-refractivity contribution in [2.75, 3.05) is 20.2 Å². The minimum atomic E-state index is -0.100. The lowest BCUT2D eigenvalue weighted by Crippen LogP contribution is -2.43. The molecule has 42 heavy (non-hydrogen) atoms. The Morgan fingerprint density at radius 3 is 2.43 bits per heavy atom. The number of nitrogens with zero attached hydrogens (tertiary/aromatic N) is 3. The summed E-state index contributed by atoms with van der Waals surface area (Å²) in [7, 11) is 2.05. The normalized spacial score (nSPS) is 22.6. The Balaban J connectivity index is 0.000000748. The van der Waals surface area contributed by atoms with Crippen LogP contribution in [0.25, 0.3) is 5.57 Å². The highest BCUT2D eigenvalue weighted by molar-refractivity contribution is 6.43. The Morgan fingerprint density at radius 2 is 1.83 bits per heavy atom. The zero-order chi connectivity index (χ0) is 30.2. The molecule has 1 unspecified atom stereocenters. The van der Waals surface area contributed by atoms with Crippen LogP contribution < -0.4 is 0 Å². The summed E-state index contributed by atoms with van der Waals surface area (Å²) in [5.74, 6) is 1.46. The molecule has 1 saturated heterocycles. The monoisotopic (exact) mass is 577 g/mol. The van der Waals surface area contributed by atoms with E-state index in [4.69, 9.17) is 4.99 Å². The maximum absolute atomic E-state index is 15.8. The molecule has 2 saturated carbocycles. The topological polar surface area (TPSA) is 62.2 Å². The molecule has 3 fully saturated rings. The van der Waals surface area contributed by atoms with Gasteiger partial charge in [-0.3, -0.25) is 9.59 Å². The molecular formula is C35H48FN3O3. The van der Waals surface area contributed by atoms with Gasteiger partial charge in [0.2, 0.25) is 0 Å². The zero-order valence-electron chi connectivity index (χ0n) is 26.1. The van der Waals surface area contributed by atoms with E-state index in [0.717, 1.165) is 74.0 Å². The van der Waals surface area contributed by atoms with E-state index in [2.05, 4.69) is 30.4 Å². The highest BCUT2D eigenvalue weighted by Crippen LogP contribution is 2.43. The smallest absolute Gasteiger partial charge is 0.293 e. The lowest BCUT2D eigenvalue weighted by molar-refractivity contribution is -0.128. The fourth-order valence-corrected chi connectivity index (χ4v) is 5.94. The van der Waals surface area contributed by atoms with Crippen LogP contribution in [0, 0.1) is 11.7 Å². The van der Waals surface area contributed by atoms with Gasteiger partial charge in [-0.2, -0.15) is 0 Å². The first kappa shape index (κ1) is 31.7. The van der Waals surface area contributed by atoms with Crippen molar-refractivity contribution in [1.29, 1.82) is 0 Å². The van der Waals surface area contributed by atoms with Gasteiger partial charge >= 0.3 is 0 Å². The van der Waals surface area contributed by atoms with Crippen LogP contribution in [0.1, 0.15) is 109 Å². The van der Waals surface area contributed by atoms with E-state index in [1.807, 2.05) is 42.3 Å². The highest BCUT2D eigenvalue weighted by Gasteiger charge is 2.33. The van der Waals surface area contributed by atoms with Crippen molar-refractivity contribution < 1.29 is 18.7 Å². The minimum Gasteiger partial charge on any atom is -0.468 e. The number of carbonyl (C=O) groups is 2. The van der Waals surface area contributed by atoms with E-state index in [-0.39, 0.29) is 17.8 Å². The number of allylic oxidation sites excluding steroid dienone is 4. The molecule has 2 heterocycles. The van der Waals surface area contributed by atoms with Crippen molar-refractivity contribution in [1.82, 2.24) is 9.80 Å². The molecule has 2 aliphatic heterocycles. The zero-order valence-corrected chi connectivity index (χ0v) is 26.1. The molecule has 0 spiro atoms. The van der Waals surface area contributed by atoms with Crippen molar-refractivity contribution >= 4 is 23.7 Å². The van der Waals surface area contributed by atoms with Crippen molar-refractivity contribution in [3.63, 3.8) is 0 Å². The molecule has 2 aliphatic carbocycles. The largest absolute Gasteiger partial charge is 0.468 e. The van der Waals surface area contributed by atoms with E-state index in [1.54, 1.807) is 6.92 Å². The number of ether oxygens (including phenoxy) is 1. The number of rotatable bonds is 8. The molecule has 5 rings (SSSR count). The molecule has 0 aromatic heterocycles. The van der Waals surface area contributed by atoms with Crippen LogP contribution in [0.2, 0.25) is 0 Å². The summed E-state index contributed by atoms with van der Waals surface area (Å²) in [5.41, 5.74) is 5.18. The van der Waals surface area contributed by atoms with E-state index < -0.39 is 0 Å². The number of amides is 1. The number of halogens is 1. The van der Waals surface area contributed by atoms with Crippen LogP contribution in [-0.4, -0.2) is 54.1 Å². The summed E-state index contributed by atoms with van der Waals surface area (Å²) in [6.45, 7) is 9.81. The molecule has 0 N–H and O–H groups in total. The lowest BCUT2D eigenvalue weighted by Gasteiger charge is -2.37. The molecule has 4 aliphatic rings.